The molecule has 13 N–H and O–H groups in total. The Bertz CT molecular complexity index is 3200. The third kappa shape index (κ3) is 4.54. The largest absolute Gasteiger partial charge is 0.505 e. The van der Waals surface area contributed by atoms with Crippen LogP contribution < -0.4 is 10.6 Å². The zero-order valence-electron chi connectivity index (χ0n) is 30.1. The molecule has 6 aromatic carbocycles. The first-order valence-electron chi connectivity index (χ1n) is 17.7. The number of para-hydroxylation sites is 1. The van der Waals surface area contributed by atoms with Gasteiger partial charge in [0.15, 0.2) is 46.0 Å². The first-order chi connectivity index (χ1) is 27.6. The standard InChI is InChI=1S/C43H32N2O13/c1-16-31(46)29(39(54)40(55)32(16)47)44-23-8-4-2-6-19(23)21-14-17(10-12-25(21)44)18-11-13-26-22(15-18)20-7-3-5-9-24(20)45(26)30-37(52)33(48)27(34(49)38(30)53)28-35(50)41(56)43(58)42(57)36(28)51/h2,4,6-15,46-58H,3,5H2,1H3. The van der Waals surface area contributed by atoms with Gasteiger partial charge in [0, 0.05) is 26.9 Å². The van der Waals surface area contributed by atoms with Crippen LogP contribution in [-0.2, 0) is 0 Å². The van der Waals surface area contributed by atoms with Crippen LogP contribution in [0.1, 0.15) is 18.4 Å². The van der Waals surface area contributed by atoms with Gasteiger partial charge in [-0.15, -0.1) is 0 Å². The average molecular weight is 785 g/mol. The van der Waals surface area contributed by atoms with E-state index in [1.807, 2.05) is 42.5 Å². The molecule has 0 unspecified atom stereocenters. The smallest absolute Gasteiger partial charge is 0.208 e. The Balaban J connectivity index is 1.25. The van der Waals surface area contributed by atoms with Gasteiger partial charge in [-0.2, -0.15) is 0 Å². The summed E-state index contributed by atoms with van der Waals surface area (Å²) in [5.74, 6) is -13.3. The highest BCUT2D eigenvalue weighted by molar-refractivity contribution is 6.11. The minimum absolute atomic E-state index is 0.0232. The normalized spacial score (nSPS) is 12.6. The molecular weight excluding hydrogens is 752 g/mol. The van der Waals surface area contributed by atoms with E-state index in [1.54, 1.807) is 34.9 Å². The van der Waals surface area contributed by atoms with Gasteiger partial charge >= 0.3 is 0 Å². The molecule has 15 heteroatoms. The Kier molecular flexibility index (Phi) is 7.44. The summed E-state index contributed by atoms with van der Waals surface area (Å²) < 4.78 is 3.02. The van der Waals surface area contributed by atoms with Crippen molar-refractivity contribution in [2.24, 2.45) is 0 Å². The Hall–Kier alpha value is -8.20. The second-order valence-electron chi connectivity index (χ2n) is 14.0. The number of fused-ring (bicyclic) bond motifs is 6. The number of nitrogens with zero attached hydrogens (tertiary/aromatic N) is 2. The van der Waals surface area contributed by atoms with Crippen LogP contribution in [0, 0.1) is 6.92 Å². The second kappa shape index (κ2) is 12.1. The van der Waals surface area contributed by atoms with Crippen molar-refractivity contribution in [2.45, 2.75) is 19.8 Å². The number of hydrogen-bond acceptors (Lipinski definition) is 13. The van der Waals surface area contributed by atoms with Crippen LogP contribution in [-0.4, -0.2) is 75.5 Å². The van der Waals surface area contributed by atoms with E-state index in [2.05, 4.69) is 0 Å². The second-order valence-corrected chi connectivity index (χ2v) is 14.0. The molecular formula is C43H32N2O13. The molecule has 0 saturated heterocycles. The van der Waals surface area contributed by atoms with Crippen LogP contribution in [0.3, 0.4) is 0 Å². The van der Waals surface area contributed by atoms with Gasteiger partial charge in [-0.25, -0.2) is 0 Å². The zero-order valence-corrected chi connectivity index (χ0v) is 30.1. The quantitative estimate of drug-likeness (QED) is 0.0733. The van der Waals surface area contributed by atoms with E-state index in [0.717, 1.165) is 21.9 Å². The molecule has 8 aromatic rings. The van der Waals surface area contributed by atoms with E-state index in [4.69, 9.17) is 0 Å². The monoisotopic (exact) mass is 784 g/mol. The van der Waals surface area contributed by atoms with Crippen molar-refractivity contribution >= 4 is 44.9 Å². The molecule has 2 aromatic heterocycles. The van der Waals surface area contributed by atoms with Gasteiger partial charge < -0.3 is 75.5 Å². The maximum atomic E-state index is 11.5. The molecule has 0 bridgehead atoms. The summed E-state index contributed by atoms with van der Waals surface area (Å²) >= 11 is 0. The number of phenolic OH excluding ortho intramolecular Hbond substituents is 13. The number of rotatable bonds is 4. The van der Waals surface area contributed by atoms with Gasteiger partial charge in [-0.05, 0) is 61.2 Å². The molecule has 0 atom stereocenters. The fourth-order valence-electron chi connectivity index (χ4n) is 8.08. The predicted molar refractivity (Wildman–Crippen MR) is 212 cm³/mol. The summed E-state index contributed by atoms with van der Waals surface area (Å²) in [4.78, 5) is 0. The predicted octanol–water partition coefficient (Wildman–Crippen LogP) is 5.90. The number of hydrogen-bond donors (Lipinski definition) is 13. The van der Waals surface area contributed by atoms with Gasteiger partial charge in [0.2, 0.25) is 23.0 Å². The highest BCUT2D eigenvalue weighted by Gasteiger charge is 2.34. The maximum Gasteiger partial charge on any atom is 0.208 e. The first kappa shape index (κ1) is 35.5. The van der Waals surface area contributed by atoms with E-state index < -0.39 is 91.6 Å². The maximum absolute atomic E-state index is 11.5. The summed E-state index contributed by atoms with van der Waals surface area (Å²) in [5.41, 5.74) is 0.532. The van der Waals surface area contributed by atoms with Gasteiger partial charge in [0.1, 0.15) is 17.1 Å². The molecule has 0 radical (unpaired) electrons. The van der Waals surface area contributed by atoms with Crippen LogP contribution in [0.5, 0.6) is 74.7 Å². The summed E-state index contributed by atoms with van der Waals surface area (Å²) in [6.45, 7) is 1.41. The molecule has 292 valence electrons. The fraction of sp³-hybridized carbons (Fsp3) is 0.0698. The van der Waals surface area contributed by atoms with Crippen LogP contribution in [0.2, 0.25) is 0 Å². The molecule has 0 spiro atoms. The molecule has 9 rings (SSSR count). The Morgan fingerprint density at radius 2 is 0.845 bits per heavy atom. The SMILES string of the molecule is Cc1c(O)c(O)c(O)c(-n2c3ccccc3c3cc(-c4ccc5c(c4)c4c(n5-c5c(O)c(O)c(-c6c(O)c(O)c(O)c(O)c6O)c(O)c5O)=CCCC=4)ccc32)c1O. The highest BCUT2D eigenvalue weighted by Crippen LogP contribution is 2.61. The van der Waals surface area contributed by atoms with E-state index in [1.165, 1.54) is 11.5 Å². The van der Waals surface area contributed by atoms with Gasteiger partial charge in [0.05, 0.1) is 33.0 Å². The summed E-state index contributed by atoms with van der Waals surface area (Å²) in [7, 11) is 0. The number of aromatic hydroxyl groups is 13. The minimum Gasteiger partial charge on any atom is -0.505 e. The van der Waals surface area contributed by atoms with E-state index in [-0.39, 0.29) is 11.3 Å². The van der Waals surface area contributed by atoms with Crippen LogP contribution in [0.4, 0.5) is 0 Å². The number of phenols is 13. The number of aromatic nitrogens is 2. The highest BCUT2D eigenvalue weighted by atomic mass is 16.4. The number of benzene rings is 6. The molecule has 0 amide bonds. The molecule has 2 heterocycles. The average Bonchev–Trinajstić information content (AvgIpc) is 3.73. The molecule has 0 aliphatic heterocycles. The molecule has 0 fully saturated rings. The van der Waals surface area contributed by atoms with Crippen molar-refractivity contribution in [2.75, 3.05) is 0 Å². The minimum atomic E-state index is -1.31. The first-order valence-corrected chi connectivity index (χ1v) is 17.7. The molecule has 58 heavy (non-hydrogen) atoms. The van der Waals surface area contributed by atoms with Crippen molar-refractivity contribution in [1.82, 2.24) is 9.13 Å². The van der Waals surface area contributed by atoms with Gasteiger partial charge in [-0.3, -0.25) is 0 Å². The van der Waals surface area contributed by atoms with Crippen LogP contribution >= 0.6 is 0 Å². The van der Waals surface area contributed by atoms with E-state index in [9.17, 15) is 66.4 Å². The molecule has 1 aliphatic carbocycles. The van der Waals surface area contributed by atoms with Gasteiger partial charge in [-0.1, -0.05) is 42.5 Å². The summed E-state index contributed by atoms with van der Waals surface area (Å²) in [6.07, 6.45) is 5.01. The topological polar surface area (TPSA) is 273 Å². The summed E-state index contributed by atoms with van der Waals surface area (Å²) in [6, 6.07) is 18.2. The Morgan fingerprint density at radius 3 is 1.47 bits per heavy atom. The van der Waals surface area contributed by atoms with Crippen molar-refractivity contribution in [1.29, 1.82) is 0 Å². The van der Waals surface area contributed by atoms with Crippen molar-refractivity contribution in [3.63, 3.8) is 0 Å². The van der Waals surface area contributed by atoms with Crippen LogP contribution in [0.15, 0.2) is 60.7 Å². The summed E-state index contributed by atoms with van der Waals surface area (Å²) in [5, 5.41) is 143. The third-order valence-electron chi connectivity index (χ3n) is 10.9. The Morgan fingerprint density at radius 1 is 0.397 bits per heavy atom. The molecule has 15 nitrogen and oxygen atoms in total. The van der Waals surface area contributed by atoms with E-state index >= 15 is 0 Å². The lowest BCUT2D eigenvalue weighted by molar-refractivity contribution is 0.329. The zero-order chi connectivity index (χ0) is 41.2. The molecule has 0 saturated carbocycles. The van der Waals surface area contributed by atoms with E-state index in [0.29, 0.717) is 45.3 Å². The lowest BCUT2D eigenvalue weighted by atomic mass is 9.97. The van der Waals surface area contributed by atoms with Gasteiger partial charge in [0.25, 0.3) is 0 Å². The third-order valence-corrected chi connectivity index (χ3v) is 10.9. The molecule has 1 aliphatic rings. The van der Waals surface area contributed by atoms with Crippen molar-refractivity contribution < 1.29 is 66.4 Å². The van der Waals surface area contributed by atoms with Crippen molar-refractivity contribution in [3.05, 3.63) is 76.8 Å². The fourth-order valence-corrected chi connectivity index (χ4v) is 8.08. The lowest BCUT2D eigenvalue weighted by Gasteiger charge is -2.19. The Labute approximate surface area is 324 Å². The van der Waals surface area contributed by atoms with Crippen molar-refractivity contribution in [3.8, 4) is 108 Å². The van der Waals surface area contributed by atoms with Crippen LogP contribution in [0.25, 0.3) is 78.5 Å². The lowest BCUT2D eigenvalue weighted by Crippen LogP contribution is -2.30.